The van der Waals surface area contributed by atoms with Gasteiger partial charge in [-0.2, -0.15) is 0 Å². The number of ketones is 1. The molecule has 2 heteroatoms. The van der Waals surface area contributed by atoms with E-state index in [1.54, 1.807) is 0 Å². The Bertz CT molecular complexity index is 306. The van der Waals surface area contributed by atoms with Crippen LogP contribution in [-0.2, 0) is 4.79 Å². The van der Waals surface area contributed by atoms with Crippen LogP contribution in [0, 0.1) is 5.92 Å². The second-order valence-electron chi connectivity index (χ2n) is 4.17. The number of carbonyl (C=O) groups is 1. The zero-order valence-electron chi connectivity index (χ0n) is 9.24. The fourth-order valence-electron chi connectivity index (χ4n) is 1.37. The van der Waals surface area contributed by atoms with E-state index in [-0.39, 0.29) is 5.78 Å². The van der Waals surface area contributed by atoms with Crippen LogP contribution >= 0.6 is 11.6 Å². The smallest absolute Gasteiger partial charge is 0.155 e. The van der Waals surface area contributed by atoms with Gasteiger partial charge < -0.3 is 0 Å². The summed E-state index contributed by atoms with van der Waals surface area (Å²) in [6, 6.07) is 9.52. The summed E-state index contributed by atoms with van der Waals surface area (Å²) in [7, 11) is 0. The van der Waals surface area contributed by atoms with Gasteiger partial charge in [-0.15, -0.1) is 11.6 Å². The van der Waals surface area contributed by atoms with Gasteiger partial charge in [0.15, 0.2) is 5.78 Å². The highest BCUT2D eigenvalue weighted by atomic mass is 35.5. The van der Waals surface area contributed by atoms with Gasteiger partial charge >= 0.3 is 0 Å². The summed E-state index contributed by atoms with van der Waals surface area (Å²) in [4.78, 5) is 11.7. The molecule has 0 saturated heterocycles. The Kier molecular flexibility index (Phi) is 4.83. The Balaban J connectivity index is 2.54. The second-order valence-corrected chi connectivity index (χ2v) is 4.61. The molecule has 0 heterocycles. The van der Waals surface area contributed by atoms with Crippen LogP contribution < -0.4 is 0 Å². The molecule has 0 amide bonds. The van der Waals surface area contributed by atoms with Crippen molar-refractivity contribution < 1.29 is 4.79 Å². The molecule has 1 aromatic carbocycles. The summed E-state index contributed by atoms with van der Waals surface area (Å²) < 4.78 is 0. The first-order chi connectivity index (χ1) is 7.11. The Morgan fingerprint density at radius 2 is 1.87 bits per heavy atom. The normalized spacial score (nSPS) is 12.8. The van der Waals surface area contributed by atoms with Crippen LogP contribution in [0.1, 0.15) is 37.6 Å². The lowest BCUT2D eigenvalue weighted by molar-refractivity contribution is -0.119. The lowest BCUT2D eigenvalue weighted by Crippen LogP contribution is -2.07. The predicted octanol–water partition coefficient (Wildman–Crippen LogP) is 3.97. The van der Waals surface area contributed by atoms with Crippen molar-refractivity contribution in [3.8, 4) is 0 Å². The number of hydrogen-bond acceptors (Lipinski definition) is 1. The molecule has 0 aliphatic carbocycles. The standard InChI is InChI=1S/C13H17ClO/c1-10(2)8-9-12(15)13(14)11-6-4-3-5-7-11/h3-7,10,13H,8-9H2,1-2H3. The molecule has 82 valence electrons. The molecule has 1 unspecified atom stereocenters. The minimum Gasteiger partial charge on any atom is -0.298 e. The van der Waals surface area contributed by atoms with Crippen molar-refractivity contribution in [1.82, 2.24) is 0 Å². The summed E-state index contributed by atoms with van der Waals surface area (Å²) in [5, 5.41) is -0.482. The third kappa shape index (κ3) is 4.05. The number of hydrogen-bond donors (Lipinski definition) is 0. The minimum absolute atomic E-state index is 0.122. The number of rotatable bonds is 5. The van der Waals surface area contributed by atoms with Crippen molar-refractivity contribution in [1.29, 1.82) is 0 Å². The van der Waals surface area contributed by atoms with Gasteiger partial charge in [0.1, 0.15) is 5.38 Å². The molecule has 1 atom stereocenters. The number of Topliss-reactive ketones (excluding diaryl/α,β-unsaturated/α-hetero) is 1. The highest BCUT2D eigenvalue weighted by molar-refractivity contribution is 6.31. The number of alkyl halides is 1. The SMILES string of the molecule is CC(C)CCC(=O)C(Cl)c1ccccc1. The van der Waals surface area contributed by atoms with E-state index < -0.39 is 5.38 Å². The molecule has 0 aliphatic heterocycles. The van der Waals surface area contributed by atoms with Crippen LogP contribution in [0.15, 0.2) is 30.3 Å². The monoisotopic (exact) mass is 224 g/mol. The van der Waals surface area contributed by atoms with Crippen molar-refractivity contribution in [3.63, 3.8) is 0 Å². The molecule has 0 saturated carbocycles. The maximum Gasteiger partial charge on any atom is 0.155 e. The van der Waals surface area contributed by atoms with Crippen LogP contribution in [-0.4, -0.2) is 5.78 Å². The highest BCUT2D eigenvalue weighted by Crippen LogP contribution is 2.23. The Labute approximate surface area is 96.5 Å². The van der Waals surface area contributed by atoms with E-state index in [9.17, 15) is 4.79 Å². The van der Waals surface area contributed by atoms with Crippen molar-refractivity contribution >= 4 is 17.4 Å². The maximum atomic E-state index is 11.7. The largest absolute Gasteiger partial charge is 0.298 e. The van der Waals surface area contributed by atoms with E-state index in [4.69, 9.17) is 11.6 Å². The Morgan fingerprint density at radius 1 is 1.27 bits per heavy atom. The third-order valence-electron chi connectivity index (χ3n) is 2.34. The zero-order chi connectivity index (χ0) is 11.3. The maximum absolute atomic E-state index is 11.7. The van der Waals surface area contributed by atoms with Gasteiger partial charge in [-0.1, -0.05) is 44.2 Å². The average molecular weight is 225 g/mol. The van der Waals surface area contributed by atoms with Gasteiger partial charge in [0.05, 0.1) is 0 Å². The first-order valence-electron chi connectivity index (χ1n) is 5.33. The molecule has 1 nitrogen and oxygen atoms in total. The number of benzene rings is 1. The molecular weight excluding hydrogens is 208 g/mol. The van der Waals surface area contributed by atoms with Crippen LogP contribution in [0.2, 0.25) is 0 Å². The van der Waals surface area contributed by atoms with Crippen molar-refractivity contribution in [2.24, 2.45) is 5.92 Å². The fourth-order valence-corrected chi connectivity index (χ4v) is 1.62. The number of halogens is 1. The summed E-state index contributed by atoms with van der Waals surface area (Å²) in [6.45, 7) is 4.22. The Morgan fingerprint density at radius 3 is 2.40 bits per heavy atom. The number of carbonyl (C=O) groups excluding carboxylic acids is 1. The van der Waals surface area contributed by atoms with E-state index in [0.717, 1.165) is 12.0 Å². The second kappa shape index (κ2) is 5.92. The third-order valence-corrected chi connectivity index (χ3v) is 2.84. The summed E-state index contributed by atoms with van der Waals surface area (Å²) in [5.41, 5.74) is 0.896. The molecule has 15 heavy (non-hydrogen) atoms. The van der Waals surface area contributed by atoms with E-state index in [1.807, 2.05) is 30.3 Å². The molecule has 0 aromatic heterocycles. The van der Waals surface area contributed by atoms with Gasteiger partial charge in [-0.05, 0) is 17.9 Å². The molecule has 0 fully saturated rings. The fraction of sp³-hybridized carbons (Fsp3) is 0.462. The van der Waals surface area contributed by atoms with E-state index in [2.05, 4.69) is 13.8 Å². The van der Waals surface area contributed by atoms with Crippen molar-refractivity contribution in [3.05, 3.63) is 35.9 Å². The van der Waals surface area contributed by atoms with Gasteiger partial charge in [0, 0.05) is 6.42 Å². The minimum atomic E-state index is -0.482. The summed E-state index contributed by atoms with van der Waals surface area (Å²) in [6.07, 6.45) is 1.48. The molecule has 0 N–H and O–H groups in total. The first-order valence-corrected chi connectivity index (χ1v) is 5.76. The average Bonchev–Trinajstić information content (AvgIpc) is 2.26. The van der Waals surface area contributed by atoms with Crippen LogP contribution in [0.4, 0.5) is 0 Å². The molecule has 0 radical (unpaired) electrons. The topological polar surface area (TPSA) is 17.1 Å². The molecule has 1 aromatic rings. The molecule has 0 spiro atoms. The highest BCUT2D eigenvalue weighted by Gasteiger charge is 2.16. The van der Waals surface area contributed by atoms with Crippen molar-refractivity contribution in [2.45, 2.75) is 32.1 Å². The van der Waals surface area contributed by atoms with Crippen LogP contribution in [0.3, 0.4) is 0 Å². The molecule has 0 aliphatic rings. The van der Waals surface area contributed by atoms with Gasteiger partial charge in [-0.25, -0.2) is 0 Å². The van der Waals surface area contributed by atoms with E-state index >= 15 is 0 Å². The quantitative estimate of drug-likeness (QED) is 0.692. The summed E-state index contributed by atoms with van der Waals surface area (Å²) in [5.74, 6) is 0.671. The molecule has 0 bridgehead atoms. The van der Waals surface area contributed by atoms with Gasteiger partial charge in [-0.3, -0.25) is 4.79 Å². The molecule has 1 rings (SSSR count). The Hall–Kier alpha value is -0.820. The lowest BCUT2D eigenvalue weighted by Gasteiger charge is -2.09. The van der Waals surface area contributed by atoms with E-state index in [0.29, 0.717) is 12.3 Å². The lowest BCUT2D eigenvalue weighted by atomic mass is 10.0. The van der Waals surface area contributed by atoms with E-state index in [1.165, 1.54) is 0 Å². The van der Waals surface area contributed by atoms with Crippen LogP contribution in [0.5, 0.6) is 0 Å². The van der Waals surface area contributed by atoms with Gasteiger partial charge in [0.25, 0.3) is 0 Å². The first kappa shape index (κ1) is 12.3. The van der Waals surface area contributed by atoms with Gasteiger partial charge in [0.2, 0.25) is 0 Å². The molecular formula is C13H17ClO. The zero-order valence-corrected chi connectivity index (χ0v) is 10.00. The summed E-state index contributed by atoms with van der Waals surface area (Å²) >= 11 is 6.09. The predicted molar refractivity (Wildman–Crippen MR) is 64.1 cm³/mol. The van der Waals surface area contributed by atoms with Crippen LogP contribution in [0.25, 0.3) is 0 Å². The van der Waals surface area contributed by atoms with Crippen molar-refractivity contribution in [2.75, 3.05) is 0 Å².